The van der Waals surface area contributed by atoms with Gasteiger partial charge in [0.25, 0.3) is 5.56 Å². The van der Waals surface area contributed by atoms with Gasteiger partial charge in [-0.15, -0.1) is 0 Å². The Kier molecular flexibility index (Phi) is 4.62. The number of carbonyl (C=O) groups is 1. The Labute approximate surface area is 138 Å². The number of benzene rings is 1. The maximum Gasteiger partial charge on any atom is 0.285 e. The summed E-state index contributed by atoms with van der Waals surface area (Å²) < 4.78 is 0. The number of aromatic nitrogens is 2. The average molecular weight is 333 g/mol. The van der Waals surface area contributed by atoms with Gasteiger partial charge in [-0.2, -0.15) is 5.10 Å². The third-order valence-electron chi connectivity index (χ3n) is 3.95. The summed E-state index contributed by atoms with van der Waals surface area (Å²) >= 11 is 6.06. The Balaban J connectivity index is 1.72. The standard InChI is InChI=1S/C16H17ClN4O2/c17-14-13(9-18-20-16(14)23)21-8-4-5-11(10-21)15(22)19-12-6-2-1-3-7-12/h1-3,6-7,9,11H,4-5,8,10H2,(H,19,22)(H,20,23)/t11-/m0/s1. The normalized spacial score (nSPS) is 17.8. The smallest absolute Gasteiger partial charge is 0.285 e. The van der Waals surface area contributed by atoms with Crippen LogP contribution in [0.2, 0.25) is 5.02 Å². The van der Waals surface area contributed by atoms with Crippen molar-refractivity contribution in [3.05, 3.63) is 51.9 Å². The van der Waals surface area contributed by atoms with E-state index >= 15 is 0 Å². The van der Waals surface area contributed by atoms with Crippen LogP contribution in [0.15, 0.2) is 41.3 Å². The van der Waals surface area contributed by atoms with Crippen molar-refractivity contribution in [1.29, 1.82) is 0 Å². The molecule has 2 aromatic rings. The van der Waals surface area contributed by atoms with Gasteiger partial charge in [0.2, 0.25) is 5.91 Å². The molecule has 1 fully saturated rings. The minimum Gasteiger partial charge on any atom is -0.368 e. The maximum atomic E-state index is 12.4. The maximum absolute atomic E-state index is 12.4. The number of halogens is 1. The summed E-state index contributed by atoms with van der Waals surface area (Å²) in [5.74, 6) is -0.172. The van der Waals surface area contributed by atoms with Crippen molar-refractivity contribution in [2.75, 3.05) is 23.3 Å². The predicted octanol–water partition coefficient (Wildman–Crippen LogP) is 2.28. The molecule has 7 heteroatoms. The molecule has 0 aliphatic carbocycles. The van der Waals surface area contributed by atoms with Crippen LogP contribution in [0, 0.1) is 5.92 Å². The average Bonchev–Trinajstić information content (AvgIpc) is 2.58. The molecule has 1 amide bonds. The van der Waals surface area contributed by atoms with Crippen molar-refractivity contribution >= 4 is 28.9 Å². The topological polar surface area (TPSA) is 78.1 Å². The molecule has 1 saturated heterocycles. The van der Waals surface area contributed by atoms with Gasteiger partial charge in [-0.25, -0.2) is 5.10 Å². The summed E-state index contributed by atoms with van der Waals surface area (Å²) in [7, 11) is 0. The van der Waals surface area contributed by atoms with Crippen LogP contribution in [0.4, 0.5) is 11.4 Å². The van der Waals surface area contributed by atoms with Crippen molar-refractivity contribution in [2.45, 2.75) is 12.8 Å². The van der Waals surface area contributed by atoms with Crippen molar-refractivity contribution in [3.63, 3.8) is 0 Å². The number of H-pyrrole nitrogens is 1. The molecule has 2 heterocycles. The van der Waals surface area contributed by atoms with Crippen molar-refractivity contribution in [1.82, 2.24) is 10.2 Å². The number of nitrogens with one attached hydrogen (secondary N) is 2. The molecule has 3 rings (SSSR count). The number of hydrogen-bond acceptors (Lipinski definition) is 4. The van der Waals surface area contributed by atoms with E-state index in [0.717, 1.165) is 25.1 Å². The molecule has 1 aliphatic heterocycles. The van der Waals surface area contributed by atoms with E-state index in [0.29, 0.717) is 12.2 Å². The van der Waals surface area contributed by atoms with E-state index in [2.05, 4.69) is 15.5 Å². The molecule has 0 unspecified atom stereocenters. The third kappa shape index (κ3) is 3.53. The van der Waals surface area contributed by atoms with Gasteiger partial charge in [-0.05, 0) is 25.0 Å². The van der Waals surface area contributed by atoms with E-state index < -0.39 is 5.56 Å². The SMILES string of the molecule is O=C(Nc1ccccc1)[C@H]1CCCN(c2cn[nH]c(=O)c2Cl)C1. The van der Waals surface area contributed by atoms with Gasteiger partial charge in [0, 0.05) is 18.8 Å². The second-order valence-electron chi connectivity index (χ2n) is 5.54. The zero-order chi connectivity index (χ0) is 16.2. The van der Waals surface area contributed by atoms with Gasteiger partial charge < -0.3 is 10.2 Å². The molecule has 0 bridgehead atoms. The van der Waals surface area contributed by atoms with E-state index in [1.165, 1.54) is 6.20 Å². The molecule has 0 saturated carbocycles. The fourth-order valence-corrected chi connectivity index (χ4v) is 2.98. The second-order valence-corrected chi connectivity index (χ2v) is 5.92. The lowest BCUT2D eigenvalue weighted by molar-refractivity contribution is -0.120. The quantitative estimate of drug-likeness (QED) is 0.904. The largest absolute Gasteiger partial charge is 0.368 e. The Morgan fingerprint density at radius 3 is 2.91 bits per heavy atom. The molecule has 1 aromatic carbocycles. The number of carbonyl (C=O) groups excluding carboxylic acids is 1. The molecule has 1 atom stereocenters. The van der Waals surface area contributed by atoms with Gasteiger partial charge >= 0.3 is 0 Å². The first-order valence-corrected chi connectivity index (χ1v) is 7.87. The lowest BCUT2D eigenvalue weighted by Gasteiger charge is -2.33. The van der Waals surface area contributed by atoms with E-state index in [-0.39, 0.29) is 16.8 Å². The Hall–Kier alpha value is -2.34. The zero-order valence-corrected chi connectivity index (χ0v) is 13.2. The van der Waals surface area contributed by atoms with Gasteiger partial charge in [-0.3, -0.25) is 9.59 Å². The van der Waals surface area contributed by atoms with Crippen LogP contribution in [0.25, 0.3) is 0 Å². The van der Waals surface area contributed by atoms with Gasteiger partial charge in [0.15, 0.2) is 0 Å². The van der Waals surface area contributed by atoms with Crippen LogP contribution in [-0.4, -0.2) is 29.2 Å². The van der Waals surface area contributed by atoms with Gasteiger partial charge in [0.05, 0.1) is 17.8 Å². The Morgan fingerprint density at radius 1 is 1.35 bits per heavy atom. The van der Waals surface area contributed by atoms with Crippen LogP contribution >= 0.6 is 11.6 Å². The molecule has 1 aliphatic rings. The molecule has 6 nitrogen and oxygen atoms in total. The predicted molar refractivity (Wildman–Crippen MR) is 89.9 cm³/mol. The van der Waals surface area contributed by atoms with Crippen LogP contribution < -0.4 is 15.8 Å². The summed E-state index contributed by atoms with van der Waals surface area (Å²) in [4.78, 5) is 26.0. The summed E-state index contributed by atoms with van der Waals surface area (Å²) in [6, 6.07) is 9.38. The third-order valence-corrected chi connectivity index (χ3v) is 4.32. The number of piperidine rings is 1. The number of para-hydroxylation sites is 1. The molecular weight excluding hydrogens is 316 g/mol. The second kappa shape index (κ2) is 6.83. The fraction of sp³-hybridized carbons (Fsp3) is 0.312. The first kappa shape index (κ1) is 15.6. The van der Waals surface area contributed by atoms with Crippen molar-refractivity contribution < 1.29 is 4.79 Å². The zero-order valence-electron chi connectivity index (χ0n) is 12.5. The number of hydrogen-bond donors (Lipinski definition) is 2. The highest BCUT2D eigenvalue weighted by Crippen LogP contribution is 2.27. The molecule has 0 spiro atoms. The van der Waals surface area contributed by atoms with E-state index in [9.17, 15) is 9.59 Å². The minimum absolute atomic E-state index is 0.0187. The summed E-state index contributed by atoms with van der Waals surface area (Å²) in [5, 5.41) is 9.14. The summed E-state index contributed by atoms with van der Waals surface area (Å²) in [5.41, 5.74) is 0.943. The first-order valence-electron chi connectivity index (χ1n) is 7.49. The number of amides is 1. The lowest BCUT2D eigenvalue weighted by atomic mass is 9.96. The lowest BCUT2D eigenvalue weighted by Crippen LogP contribution is -2.41. The van der Waals surface area contributed by atoms with Crippen LogP contribution in [0.1, 0.15) is 12.8 Å². The van der Waals surface area contributed by atoms with Crippen LogP contribution in [-0.2, 0) is 4.79 Å². The minimum atomic E-state index is -0.417. The van der Waals surface area contributed by atoms with E-state index in [4.69, 9.17) is 11.6 Å². The highest BCUT2D eigenvalue weighted by atomic mass is 35.5. The fourth-order valence-electron chi connectivity index (χ4n) is 2.77. The van der Waals surface area contributed by atoms with Gasteiger partial charge in [0.1, 0.15) is 5.02 Å². The van der Waals surface area contributed by atoms with Gasteiger partial charge in [-0.1, -0.05) is 29.8 Å². The van der Waals surface area contributed by atoms with E-state index in [1.807, 2.05) is 35.2 Å². The Bertz CT molecular complexity index is 747. The number of anilines is 2. The van der Waals surface area contributed by atoms with Crippen LogP contribution in [0.3, 0.4) is 0 Å². The molecule has 0 radical (unpaired) electrons. The number of aromatic amines is 1. The van der Waals surface area contributed by atoms with Crippen LogP contribution in [0.5, 0.6) is 0 Å². The highest BCUT2D eigenvalue weighted by molar-refractivity contribution is 6.33. The van der Waals surface area contributed by atoms with Crippen molar-refractivity contribution in [2.24, 2.45) is 5.92 Å². The molecule has 1 aromatic heterocycles. The highest BCUT2D eigenvalue weighted by Gasteiger charge is 2.27. The molecule has 23 heavy (non-hydrogen) atoms. The summed E-state index contributed by atoms with van der Waals surface area (Å²) in [6.45, 7) is 1.27. The Morgan fingerprint density at radius 2 is 2.13 bits per heavy atom. The number of nitrogens with zero attached hydrogens (tertiary/aromatic N) is 2. The molecular formula is C16H17ClN4O2. The monoisotopic (exact) mass is 332 g/mol. The summed E-state index contributed by atoms with van der Waals surface area (Å²) in [6.07, 6.45) is 3.20. The molecule has 120 valence electrons. The first-order chi connectivity index (χ1) is 11.1. The molecule has 2 N–H and O–H groups in total. The number of rotatable bonds is 3. The van der Waals surface area contributed by atoms with Crippen molar-refractivity contribution in [3.8, 4) is 0 Å². The van der Waals surface area contributed by atoms with E-state index in [1.54, 1.807) is 0 Å².